The van der Waals surface area contributed by atoms with Crippen molar-refractivity contribution in [1.29, 1.82) is 0 Å². The van der Waals surface area contributed by atoms with Gasteiger partial charge in [-0.2, -0.15) is 0 Å². The van der Waals surface area contributed by atoms with Gasteiger partial charge < -0.3 is 10.2 Å². The monoisotopic (exact) mass is 302 g/mol. The Labute approximate surface area is 125 Å². The Bertz CT molecular complexity index is 445. The summed E-state index contributed by atoms with van der Waals surface area (Å²) in [7, 11) is 1.85. The highest BCUT2D eigenvalue weighted by Gasteiger charge is 2.38. The quantitative estimate of drug-likeness (QED) is 0.931. The summed E-state index contributed by atoms with van der Waals surface area (Å²) in [5.41, 5.74) is 0.806. The Balaban J connectivity index is 0.00000180. The molecule has 5 heteroatoms. The average molecular weight is 303 g/mol. The molecule has 0 aliphatic carbocycles. The predicted molar refractivity (Wildman–Crippen MR) is 80.8 cm³/mol. The van der Waals surface area contributed by atoms with Crippen LogP contribution in [0.15, 0.2) is 24.3 Å². The average Bonchev–Trinajstić information content (AvgIpc) is 2.76. The zero-order valence-corrected chi connectivity index (χ0v) is 12.9. The van der Waals surface area contributed by atoms with Crippen LogP contribution in [0.1, 0.15) is 18.9 Å². The Morgan fingerprint density at radius 2 is 2.26 bits per heavy atom. The van der Waals surface area contributed by atoms with Crippen LogP contribution in [0.3, 0.4) is 0 Å². The maximum Gasteiger partial charge on any atom is 0.229 e. The molecule has 0 bridgehead atoms. The molecule has 1 aromatic rings. The van der Waals surface area contributed by atoms with Crippen molar-refractivity contribution in [2.75, 3.05) is 20.1 Å². The van der Waals surface area contributed by atoms with Gasteiger partial charge in [-0.1, -0.05) is 23.7 Å². The number of nitrogens with one attached hydrogen (secondary N) is 1. The van der Waals surface area contributed by atoms with Crippen LogP contribution in [-0.2, 0) is 11.3 Å². The second-order valence-electron chi connectivity index (χ2n) is 5.28. The second-order valence-corrected chi connectivity index (χ2v) is 5.72. The van der Waals surface area contributed by atoms with E-state index >= 15 is 0 Å². The van der Waals surface area contributed by atoms with Crippen LogP contribution in [0.4, 0.5) is 0 Å². The molecule has 1 fully saturated rings. The maximum atomic E-state index is 12.4. The Morgan fingerprint density at radius 1 is 1.53 bits per heavy atom. The third kappa shape index (κ3) is 3.85. The van der Waals surface area contributed by atoms with Crippen molar-refractivity contribution in [3.63, 3.8) is 0 Å². The summed E-state index contributed by atoms with van der Waals surface area (Å²) in [5, 5.41) is 3.96. The molecule has 0 aromatic heterocycles. The highest BCUT2D eigenvalue weighted by molar-refractivity contribution is 6.30. The lowest BCUT2D eigenvalue weighted by molar-refractivity contribution is -0.139. The molecular formula is C14H20Cl2N2O. The molecule has 3 nitrogen and oxygen atoms in total. The third-order valence-corrected chi connectivity index (χ3v) is 3.78. The van der Waals surface area contributed by atoms with E-state index in [1.807, 2.05) is 38.2 Å². The van der Waals surface area contributed by atoms with Gasteiger partial charge in [0.25, 0.3) is 0 Å². The van der Waals surface area contributed by atoms with Crippen LogP contribution in [0, 0.1) is 5.41 Å². The first kappa shape index (κ1) is 16.3. The second kappa shape index (κ2) is 6.60. The number of hydrogen-bond donors (Lipinski definition) is 1. The lowest BCUT2D eigenvalue weighted by Gasteiger charge is -2.28. The highest BCUT2D eigenvalue weighted by Crippen LogP contribution is 2.27. The van der Waals surface area contributed by atoms with E-state index in [1.54, 1.807) is 4.90 Å². The Hall–Kier alpha value is -0.770. The molecule has 0 radical (unpaired) electrons. The van der Waals surface area contributed by atoms with E-state index < -0.39 is 0 Å². The third-order valence-electron chi connectivity index (χ3n) is 3.54. The van der Waals surface area contributed by atoms with Crippen molar-refractivity contribution in [2.24, 2.45) is 5.41 Å². The van der Waals surface area contributed by atoms with Crippen molar-refractivity contribution in [3.05, 3.63) is 34.9 Å². The van der Waals surface area contributed by atoms with Gasteiger partial charge in [-0.15, -0.1) is 12.4 Å². The molecule has 1 atom stereocenters. The Kier molecular flexibility index (Phi) is 5.65. The van der Waals surface area contributed by atoms with Gasteiger partial charge in [0.15, 0.2) is 0 Å². The first-order chi connectivity index (χ1) is 8.51. The van der Waals surface area contributed by atoms with Crippen molar-refractivity contribution in [1.82, 2.24) is 10.2 Å². The van der Waals surface area contributed by atoms with Crippen LogP contribution in [0.5, 0.6) is 0 Å². The lowest BCUT2D eigenvalue weighted by Crippen LogP contribution is -2.41. The lowest BCUT2D eigenvalue weighted by atomic mass is 9.88. The summed E-state index contributed by atoms with van der Waals surface area (Å²) in [5.74, 6) is 0.201. The van der Waals surface area contributed by atoms with E-state index in [4.69, 9.17) is 11.6 Å². The first-order valence-electron chi connectivity index (χ1n) is 6.22. The molecule has 1 aromatic carbocycles. The molecule has 0 spiro atoms. The van der Waals surface area contributed by atoms with E-state index in [0.29, 0.717) is 11.6 Å². The van der Waals surface area contributed by atoms with Crippen molar-refractivity contribution in [2.45, 2.75) is 19.9 Å². The van der Waals surface area contributed by atoms with Crippen LogP contribution in [0.25, 0.3) is 0 Å². The van der Waals surface area contributed by atoms with E-state index in [0.717, 1.165) is 25.1 Å². The van der Waals surface area contributed by atoms with E-state index in [1.165, 1.54) is 0 Å². The number of hydrogen-bond acceptors (Lipinski definition) is 2. The van der Waals surface area contributed by atoms with Crippen LogP contribution < -0.4 is 5.32 Å². The highest BCUT2D eigenvalue weighted by atomic mass is 35.5. The fourth-order valence-electron chi connectivity index (χ4n) is 2.44. The van der Waals surface area contributed by atoms with Gasteiger partial charge in [0.1, 0.15) is 0 Å². The van der Waals surface area contributed by atoms with Gasteiger partial charge in [0.2, 0.25) is 5.91 Å². The smallest absolute Gasteiger partial charge is 0.229 e. The van der Waals surface area contributed by atoms with Crippen molar-refractivity contribution >= 4 is 29.9 Å². The molecule has 2 rings (SSSR count). The molecule has 19 heavy (non-hydrogen) atoms. The number of carbonyl (C=O) groups is 1. The number of benzene rings is 1. The minimum Gasteiger partial charge on any atom is -0.341 e. The largest absolute Gasteiger partial charge is 0.341 e. The number of halogens is 2. The Morgan fingerprint density at radius 3 is 2.84 bits per heavy atom. The van der Waals surface area contributed by atoms with Crippen LogP contribution in [0.2, 0.25) is 5.02 Å². The fourth-order valence-corrected chi connectivity index (χ4v) is 2.65. The minimum absolute atomic E-state index is 0. The van der Waals surface area contributed by atoms with Gasteiger partial charge >= 0.3 is 0 Å². The number of rotatable bonds is 3. The standard InChI is InChI=1S/C14H19ClN2O.ClH/c1-14(6-7-16-10-14)13(18)17(2)9-11-4-3-5-12(15)8-11;/h3-5,8,16H,6-7,9-10H2,1-2H3;1H. The first-order valence-corrected chi connectivity index (χ1v) is 6.60. The number of carbonyl (C=O) groups excluding carboxylic acids is 1. The zero-order valence-electron chi connectivity index (χ0n) is 11.3. The molecule has 1 aliphatic heterocycles. The van der Waals surface area contributed by atoms with Gasteiger partial charge in [0, 0.05) is 25.2 Å². The van der Waals surface area contributed by atoms with Gasteiger partial charge in [0.05, 0.1) is 5.41 Å². The summed E-state index contributed by atoms with van der Waals surface area (Å²) in [6.07, 6.45) is 0.908. The summed E-state index contributed by atoms with van der Waals surface area (Å²) in [4.78, 5) is 14.2. The molecule has 106 valence electrons. The molecule has 0 saturated carbocycles. The molecule has 1 amide bonds. The summed E-state index contributed by atoms with van der Waals surface area (Å²) >= 11 is 5.95. The topological polar surface area (TPSA) is 32.3 Å². The van der Waals surface area contributed by atoms with E-state index in [9.17, 15) is 4.79 Å². The van der Waals surface area contributed by atoms with E-state index in [2.05, 4.69) is 5.32 Å². The predicted octanol–water partition coefficient (Wildman–Crippen LogP) is 2.72. The summed E-state index contributed by atoms with van der Waals surface area (Å²) in [6, 6.07) is 7.65. The molecule has 1 aliphatic rings. The maximum absolute atomic E-state index is 12.4. The molecular weight excluding hydrogens is 283 g/mol. The van der Waals surface area contributed by atoms with Crippen molar-refractivity contribution < 1.29 is 4.79 Å². The molecule has 1 heterocycles. The van der Waals surface area contributed by atoms with E-state index in [-0.39, 0.29) is 23.7 Å². The van der Waals surface area contributed by atoms with Gasteiger partial charge in [-0.05, 0) is 37.6 Å². The summed E-state index contributed by atoms with van der Waals surface area (Å²) < 4.78 is 0. The SMILES string of the molecule is CN(Cc1cccc(Cl)c1)C(=O)C1(C)CCNC1.Cl. The molecule has 1 N–H and O–H groups in total. The minimum atomic E-state index is -0.257. The number of nitrogens with zero attached hydrogens (tertiary/aromatic N) is 1. The summed E-state index contributed by atoms with van der Waals surface area (Å²) in [6.45, 7) is 4.33. The van der Waals surface area contributed by atoms with Crippen LogP contribution >= 0.6 is 24.0 Å². The van der Waals surface area contributed by atoms with Gasteiger partial charge in [-0.25, -0.2) is 0 Å². The zero-order chi connectivity index (χ0) is 13.2. The number of amides is 1. The fraction of sp³-hybridized carbons (Fsp3) is 0.500. The van der Waals surface area contributed by atoms with Crippen molar-refractivity contribution in [3.8, 4) is 0 Å². The normalized spacial score (nSPS) is 21.8. The molecule has 1 saturated heterocycles. The molecule has 1 unspecified atom stereocenters. The van der Waals surface area contributed by atoms with Gasteiger partial charge in [-0.3, -0.25) is 4.79 Å². The van der Waals surface area contributed by atoms with Crippen LogP contribution in [-0.4, -0.2) is 30.9 Å².